The number of hydrogen-bond donors (Lipinski definition) is 2. The highest BCUT2D eigenvalue weighted by Crippen LogP contribution is 2.22. The second kappa shape index (κ2) is 9.59. The van der Waals surface area contributed by atoms with Crippen LogP contribution in [0.5, 0.6) is 0 Å². The van der Waals surface area contributed by atoms with E-state index in [1.165, 1.54) is 16.4 Å². The van der Waals surface area contributed by atoms with Gasteiger partial charge < -0.3 is 15.4 Å². The summed E-state index contributed by atoms with van der Waals surface area (Å²) in [5.41, 5.74) is 2.63. The Morgan fingerprint density at radius 2 is 1.70 bits per heavy atom. The first kappa shape index (κ1) is 22.3. The van der Waals surface area contributed by atoms with Crippen molar-refractivity contribution in [3.63, 3.8) is 0 Å². The van der Waals surface area contributed by atoms with Crippen LogP contribution in [0, 0.1) is 0 Å². The van der Waals surface area contributed by atoms with E-state index in [-0.39, 0.29) is 29.6 Å². The van der Waals surface area contributed by atoms with Crippen LogP contribution in [0.2, 0.25) is 0 Å². The van der Waals surface area contributed by atoms with Crippen molar-refractivity contribution < 1.29 is 17.9 Å². The number of morpholine rings is 1. The third kappa shape index (κ3) is 5.38. The first-order chi connectivity index (χ1) is 14.3. The summed E-state index contributed by atoms with van der Waals surface area (Å²) in [5.74, 6) is -0.202. The molecule has 3 rings (SSSR count). The molecule has 2 atom stereocenters. The average molecular weight is 432 g/mol. The molecule has 0 bridgehead atoms. The summed E-state index contributed by atoms with van der Waals surface area (Å²) in [4.78, 5) is 12.5. The fraction of sp³-hybridized carbons (Fsp3) is 0.409. The van der Waals surface area contributed by atoms with E-state index in [4.69, 9.17) is 4.74 Å². The number of nitrogens with zero attached hydrogens (tertiary/aromatic N) is 1. The molecule has 0 radical (unpaired) electrons. The number of amides is 1. The average Bonchev–Trinajstić information content (AvgIpc) is 2.72. The van der Waals surface area contributed by atoms with Crippen molar-refractivity contribution in [1.29, 1.82) is 0 Å². The molecule has 2 aromatic rings. The number of carbonyl (C=O) groups excluding carboxylic acids is 1. The van der Waals surface area contributed by atoms with Gasteiger partial charge in [-0.1, -0.05) is 25.1 Å². The van der Waals surface area contributed by atoms with Gasteiger partial charge in [0.1, 0.15) is 0 Å². The SMILES string of the molecule is CCc1ccccc1NCC(=O)Nc1ccc(S(=O)(=O)N2CC(C)OC(C)C2)cc1. The summed E-state index contributed by atoms with van der Waals surface area (Å²) < 4.78 is 32.9. The molecule has 0 saturated carbocycles. The number of sulfonamides is 1. The number of anilines is 2. The van der Waals surface area contributed by atoms with E-state index in [2.05, 4.69) is 17.6 Å². The van der Waals surface area contributed by atoms with Crippen LogP contribution in [0.4, 0.5) is 11.4 Å². The molecule has 30 heavy (non-hydrogen) atoms. The smallest absolute Gasteiger partial charge is 0.243 e. The summed E-state index contributed by atoms with van der Waals surface area (Å²) in [6, 6.07) is 14.1. The molecule has 2 aromatic carbocycles. The lowest BCUT2D eigenvalue weighted by molar-refractivity contribution is -0.114. The molecule has 1 heterocycles. The van der Waals surface area contributed by atoms with Crippen LogP contribution in [0.25, 0.3) is 0 Å². The maximum atomic E-state index is 12.9. The number of benzene rings is 2. The highest BCUT2D eigenvalue weighted by Gasteiger charge is 2.32. The molecule has 0 spiro atoms. The molecule has 2 unspecified atom stereocenters. The first-order valence-corrected chi connectivity index (χ1v) is 11.6. The van der Waals surface area contributed by atoms with E-state index in [0.29, 0.717) is 18.8 Å². The molecular formula is C22H29N3O4S. The molecule has 0 aliphatic carbocycles. The van der Waals surface area contributed by atoms with Crippen LogP contribution in [0.1, 0.15) is 26.3 Å². The van der Waals surface area contributed by atoms with Gasteiger partial charge in [-0.2, -0.15) is 4.31 Å². The number of rotatable bonds is 7. The predicted molar refractivity (Wildman–Crippen MR) is 118 cm³/mol. The molecule has 2 N–H and O–H groups in total. The van der Waals surface area contributed by atoms with Gasteiger partial charge >= 0.3 is 0 Å². The highest BCUT2D eigenvalue weighted by molar-refractivity contribution is 7.89. The van der Waals surface area contributed by atoms with Crippen molar-refractivity contribution in [3.05, 3.63) is 54.1 Å². The topological polar surface area (TPSA) is 87.7 Å². The second-order valence-electron chi connectivity index (χ2n) is 7.52. The van der Waals surface area contributed by atoms with Crippen LogP contribution in [-0.2, 0) is 26.0 Å². The van der Waals surface area contributed by atoms with Crippen LogP contribution in [-0.4, -0.2) is 50.5 Å². The monoisotopic (exact) mass is 431 g/mol. The Bertz CT molecular complexity index is 966. The lowest BCUT2D eigenvalue weighted by Crippen LogP contribution is -2.48. The lowest BCUT2D eigenvalue weighted by atomic mass is 10.1. The van der Waals surface area contributed by atoms with Gasteiger partial charge in [0.15, 0.2) is 0 Å². The summed E-state index contributed by atoms with van der Waals surface area (Å²) in [6.07, 6.45) is 0.585. The molecule has 1 amide bonds. The summed E-state index contributed by atoms with van der Waals surface area (Å²) in [7, 11) is -3.60. The van der Waals surface area contributed by atoms with Crippen molar-refractivity contribution in [3.8, 4) is 0 Å². The first-order valence-electron chi connectivity index (χ1n) is 10.2. The van der Waals surface area contributed by atoms with Crippen molar-refractivity contribution in [1.82, 2.24) is 4.31 Å². The zero-order valence-corrected chi connectivity index (χ0v) is 18.4. The number of nitrogens with one attached hydrogen (secondary N) is 2. The van der Waals surface area contributed by atoms with E-state index >= 15 is 0 Å². The van der Waals surface area contributed by atoms with Crippen molar-refractivity contribution in [2.75, 3.05) is 30.3 Å². The van der Waals surface area contributed by atoms with Gasteiger partial charge in [-0.15, -0.1) is 0 Å². The van der Waals surface area contributed by atoms with Crippen molar-refractivity contribution in [2.45, 2.75) is 44.3 Å². The van der Waals surface area contributed by atoms with E-state index in [9.17, 15) is 13.2 Å². The van der Waals surface area contributed by atoms with Gasteiger partial charge in [-0.25, -0.2) is 8.42 Å². The van der Waals surface area contributed by atoms with Gasteiger partial charge in [0.05, 0.1) is 23.6 Å². The number of para-hydroxylation sites is 1. The molecule has 8 heteroatoms. The fourth-order valence-electron chi connectivity index (χ4n) is 3.57. The minimum atomic E-state index is -3.60. The fourth-order valence-corrected chi connectivity index (χ4v) is 5.16. The minimum Gasteiger partial charge on any atom is -0.376 e. The highest BCUT2D eigenvalue weighted by atomic mass is 32.2. The minimum absolute atomic E-state index is 0.126. The van der Waals surface area contributed by atoms with Crippen LogP contribution in [0.15, 0.2) is 53.4 Å². The largest absolute Gasteiger partial charge is 0.376 e. The van der Waals surface area contributed by atoms with Crippen LogP contribution < -0.4 is 10.6 Å². The Hall–Kier alpha value is -2.42. The van der Waals surface area contributed by atoms with E-state index in [0.717, 1.165) is 17.7 Å². The standard InChI is InChI=1S/C22H29N3O4S/c1-4-18-7-5-6-8-21(18)23-13-22(26)24-19-9-11-20(12-10-19)30(27,28)25-14-16(2)29-17(3)15-25/h5-12,16-17,23H,4,13-15H2,1-3H3,(H,24,26). The predicted octanol–water partition coefficient (Wildman–Crippen LogP) is 3.10. The van der Waals surface area contributed by atoms with E-state index < -0.39 is 10.0 Å². The Kier molecular flexibility index (Phi) is 7.12. The lowest BCUT2D eigenvalue weighted by Gasteiger charge is -2.34. The number of ether oxygens (including phenoxy) is 1. The van der Waals surface area contributed by atoms with Gasteiger partial charge in [0, 0.05) is 24.5 Å². The molecule has 162 valence electrons. The summed E-state index contributed by atoms with van der Waals surface area (Å²) >= 11 is 0. The third-order valence-electron chi connectivity index (χ3n) is 5.00. The van der Waals surface area contributed by atoms with E-state index in [1.54, 1.807) is 12.1 Å². The van der Waals surface area contributed by atoms with Crippen LogP contribution >= 0.6 is 0 Å². The number of aryl methyl sites for hydroxylation is 1. The normalized spacial score (nSPS) is 20.0. The maximum Gasteiger partial charge on any atom is 0.243 e. The van der Waals surface area contributed by atoms with Gasteiger partial charge in [0.25, 0.3) is 0 Å². The second-order valence-corrected chi connectivity index (χ2v) is 9.45. The zero-order valence-electron chi connectivity index (χ0n) is 17.6. The van der Waals surface area contributed by atoms with Crippen molar-refractivity contribution in [2.24, 2.45) is 0 Å². The quantitative estimate of drug-likeness (QED) is 0.703. The summed E-state index contributed by atoms with van der Waals surface area (Å²) in [6.45, 7) is 6.58. The number of carbonyl (C=O) groups is 1. The van der Waals surface area contributed by atoms with Gasteiger partial charge in [0.2, 0.25) is 15.9 Å². The Morgan fingerprint density at radius 3 is 2.33 bits per heavy atom. The Balaban J connectivity index is 1.60. The molecule has 7 nitrogen and oxygen atoms in total. The molecule has 1 saturated heterocycles. The third-order valence-corrected chi connectivity index (χ3v) is 6.85. The molecule has 1 fully saturated rings. The molecular weight excluding hydrogens is 402 g/mol. The van der Waals surface area contributed by atoms with Gasteiger partial charge in [-0.3, -0.25) is 4.79 Å². The summed E-state index contributed by atoms with van der Waals surface area (Å²) in [5, 5.41) is 5.94. The van der Waals surface area contributed by atoms with E-state index in [1.807, 2.05) is 38.1 Å². The zero-order chi connectivity index (χ0) is 21.7. The van der Waals surface area contributed by atoms with Gasteiger partial charge in [-0.05, 0) is 56.2 Å². The molecule has 1 aliphatic rings. The molecule has 1 aliphatic heterocycles. The molecule has 0 aromatic heterocycles. The van der Waals surface area contributed by atoms with Crippen LogP contribution in [0.3, 0.4) is 0 Å². The Labute approximate surface area is 178 Å². The Morgan fingerprint density at radius 1 is 1.07 bits per heavy atom. The number of hydrogen-bond acceptors (Lipinski definition) is 5. The maximum absolute atomic E-state index is 12.9. The van der Waals surface area contributed by atoms with Crippen molar-refractivity contribution >= 4 is 27.3 Å².